The molecule has 0 bridgehead atoms. The molecule has 7 heteroatoms. The van der Waals surface area contributed by atoms with Gasteiger partial charge in [0.2, 0.25) is 10.0 Å². The number of benzene rings is 1. The van der Waals surface area contributed by atoms with Gasteiger partial charge in [-0.3, -0.25) is 0 Å². The van der Waals surface area contributed by atoms with Crippen molar-refractivity contribution in [3.8, 4) is 0 Å². The molecule has 0 aromatic heterocycles. The molecule has 0 aliphatic rings. The van der Waals surface area contributed by atoms with Crippen molar-refractivity contribution in [2.45, 2.75) is 4.90 Å². The zero-order chi connectivity index (χ0) is 12.3. The maximum atomic E-state index is 13.3. The largest absolute Gasteiger partial charge is 0.243 e. The summed E-state index contributed by atoms with van der Waals surface area (Å²) in [5.74, 6) is -0.916. The van der Waals surface area contributed by atoms with Gasteiger partial charge in [0.05, 0.1) is 0 Å². The molecule has 0 atom stereocenters. The van der Waals surface area contributed by atoms with E-state index in [1.807, 2.05) is 0 Å². The molecular formula is C9H8Cl2FNO2S. The number of hydrogen-bond donors (Lipinski definition) is 1. The summed E-state index contributed by atoms with van der Waals surface area (Å²) in [5, 5.41) is 0.233. The summed E-state index contributed by atoms with van der Waals surface area (Å²) in [6.07, 6.45) is 0. The van der Waals surface area contributed by atoms with Crippen LogP contribution in [0.2, 0.25) is 5.02 Å². The van der Waals surface area contributed by atoms with Gasteiger partial charge >= 0.3 is 0 Å². The number of halogens is 3. The first kappa shape index (κ1) is 13.4. The first-order valence-corrected chi connectivity index (χ1v) is 6.35. The molecule has 0 fully saturated rings. The van der Waals surface area contributed by atoms with Crippen molar-refractivity contribution in [1.29, 1.82) is 0 Å². The lowest BCUT2D eigenvalue weighted by Gasteiger charge is -2.06. The lowest BCUT2D eigenvalue weighted by atomic mass is 10.3. The highest BCUT2D eigenvalue weighted by atomic mass is 35.5. The molecule has 16 heavy (non-hydrogen) atoms. The number of rotatable bonds is 4. The van der Waals surface area contributed by atoms with E-state index in [9.17, 15) is 12.8 Å². The molecule has 88 valence electrons. The Morgan fingerprint density at radius 2 is 2.12 bits per heavy atom. The molecule has 0 amide bonds. The van der Waals surface area contributed by atoms with Gasteiger partial charge in [0, 0.05) is 16.6 Å². The van der Waals surface area contributed by atoms with Gasteiger partial charge in [-0.25, -0.2) is 17.5 Å². The summed E-state index contributed by atoms with van der Waals surface area (Å²) < 4.78 is 38.6. The predicted octanol–water partition coefficient (Wildman–Crippen LogP) is 2.51. The minimum absolute atomic E-state index is 0.109. The average Bonchev–Trinajstić information content (AvgIpc) is 2.14. The molecule has 0 aliphatic carbocycles. The van der Waals surface area contributed by atoms with Crippen LogP contribution in [-0.2, 0) is 10.0 Å². The summed E-state index contributed by atoms with van der Waals surface area (Å²) in [6.45, 7) is 3.15. The van der Waals surface area contributed by atoms with Crippen molar-refractivity contribution in [2.75, 3.05) is 6.54 Å². The van der Waals surface area contributed by atoms with E-state index in [4.69, 9.17) is 23.2 Å². The molecule has 0 spiro atoms. The second kappa shape index (κ2) is 5.14. The highest BCUT2D eigenvalue weighted by Crippen LogP contribution is 2.18. The molecule has 0 radical (unpaired) electrons. The standard InChI is InChI=1S/C9H8Cl2FNO2S/c1-6(10)5-13-16(14,15)9-3-2-7(11)4-8(9)12/h2-4,13H,1,5H2. The van der Waals surface area contributed by atoms with Crippen molar-refractivity contribution >= 4 is 33.2 Å². The van der Waals surface area contributed by atoms with Crippen molar-refractivity contribution < 1.29 is 12.8 Å². The fourth-order valence-corrected chi connectivity index (χ4v) is 2.33. The molecule has 1 N–H and O–H groups in total. The zero-order valence-electron chi connectivity index (χ0n) is 8.00. The van der Waals surface area contributed by atoms with E-state index >= 15 is 0 Å². The quantitative estimate of drug-likeness (QED) is 0.923. The molecule has 0 saturated carbocycles. The topological polar surface area (TPSA) is 46.2 Å². The van der Waals surface area contributed by atoms with Crippen LogP contribution in [0, 0.1) is 5.82 Å². The Morgan fingerprint density at radius 3 is 2.62 bits per heavy atom. The SMILES string of the molecule is C=C(Cl)CNS(=O)(=O)c1ccc(Cl)cc1F. The van der Waals surface area contributed by atoms with Crippen molar-refractivity contribution in [1.82, 2.24) is 4.72 Å². The van der Waals surface area contributed by atoms with Crippen LogP contribution in [0.5, 0.6) is 0 Å². The minimum Gasteiger partial charge on any atom is -0.207 e. The van der Waals surface area contributed by atoms with Gasteiger partial charge in [0.1, 0.15) is 10.7 Å². The van der Waals surface area contributed by atoms with E-state index in [0.29, 0.717) is 0 Å². The number of hydrogen-bond acceptors (Lipinski definition) is 2. The van der Waals surface area contributed by atoms with Gasteiger partial charge in [-0.15, -0.1) is 0 Å². The van der Waals surface area contributed by atoms with Gasteiger partial charge in [-0.2, -0.15) is 0 Å². The summed E-state index contributed by atoms with van der Waals surface area (Å²) in [7, 11) is -3.93. The normalized spacial score (nSPS) is 11.4. The average molecular weight is 284 g/mol. The number of nitrogens with one attached hydrogen (secondary N) is 1. The van der Waals surface area contributed by atoms with Crippen LogP contribution in [0.15, 0.2) is 34.7 Å². The van der Waals surface area contributed by atoms with Crippen LogP contribution in [0.3, 0.4) is 0 Å². The van der Waals surface area contributed by atoms with Gasteiger partial charge in [-0.05, 0) is 18.2 Å². The highest BCUT2D eigenvalue weighted by Gasteiger charge is 2.18. The van der Waals surface area contributed by atoms with Crippen LogP contribution >= 0.6 is 23.2 Å². The first-order valence-electron chi connectivity index (χ1n) is 4.11. The Labute approximate surface area is 103 Å². The third-order valence-electron chi connectivity index (χ3n) is 1.64. The molecule has 0 heterocycles. The summed E-state index contributed by atoms with van der Waals surface area (Å²) in [4.78, 5) is -0.477. The Balaban J connectivity index is 3.03. The molecule has 1 rings (SSSR count). The Kier molecular flexibility index (Phi) is 4.32. The van der Waals surface area contributed by atoms with Crippen LogP contribution in [0.4, 0.5) is 4.39 Å². The molecule has 1 aromatic carbocycles. The molecule has 3 nitrogen and oxygen atoms in total. The highest BCUT2D eigenvalue weighted by molar-refractivity contribution is 7.89. The molecular weight excluding hydrogens is 276 g/mol. The fourth-order valence-electron chi connectivity index (χ4n) is 0.944. The van der Waals surface area contributed by atoms with E-state index in [1.165, 1.54) is 6.07 Å². The van der Waals surface area contributed by atoms with Crippen molar-refractivity contribution in [2.24, 2.45) is 0 Å². The maximum Gasteiger partial charge on any atom is 0.243 e. The second-order valence-corrected chi connectivity index (χ2v) is 5.62. The van der Waals surface area contributed by atoms with Gasteiger partial charge in [0.25, 0.3) is 0 Å². The van der Waals surface area contributed by atoms with E-state index in [2.05, 4.69) is 11.3 Å². The first-order chi connectivity index (χ1) is 7.33. The van der Waals surface area contributed by atoms with Gasteiger partial charge in [0.15, 0.2) is 0 Å². The maximum absolute atomic E-state index is 13.3. The lowest BCUT2D eigenvalue weighted by molar-refractivity contribution is 0.559. The lowest BCUT2D eigenvalue weighted by Crippen LogP contribution is -2.25. The Hall–Kier alpha value is -0.620. The summed E-state index contributed by atoms with van der Waals surface area (Å²) in [6, 6.07) is 3.29. The molecule has 0 saturated heterocycles. The Morgan fingerprint density at radius 1 is 1.50 bits per heavy atom. The van der Waals surface area contributed by atoms with Crippen LogP contribution in [-0.4, -0.2) is 15.0 Å². The van der Waals surface area contributed by atoms with Crippen LogP contribution < -0.4 is 4.72 Å². The van der Waals surface area contributed by atoms with Crippen LogP contribution in [0.1, 0.15) is 0 Å². The summed E-state index contributed by atoms with van der Waals surface area (Å²) in [5.41, 5.74) is 0. The fraction of sp³-hybridized carbons (Fsp3) is 0.111. The number of sulfonamides is 1. The van der Waals surface area contributed by atoms with E-state index in [1.54, 1.807) is 0 Å². The van der Waals surface area contributed by atoms with Crippen molar-refractivity contribution in [3.63, 3.8) is 0 Å². The Bertz CT molecular complexity index is 516. The van der Waals surface area contributed by atoms with E-state index in [-0.39, 0.29) is 16.6 Å². The summed E-state index contributed by atoms with van der Waals surface area (Å²) >= 11 is 10.9. The zero-order valence-corrected chi connectivity index (χ0v) is 10.3. The second-order valence-electron chi connectivity index (χ2n) is 2.92. The van der Waals surface area contributed by atoms with Crippen LogP contribution in [0.25, 0.3) is 0 Å². The monoisotopic (exact) mass is 283 g/mol. The third-order valence-corrected chi connectivity index (χ3v) is 3.44. The van der Waals surface area contributed by atoms with Crippen molar-refractivity contribution in [3.05, 3.63) is 40.7 Å². The van der Waals surface area contributed by atoms with E-state index in [0.717, 1.165) is 12.1 Å². The third kappa shape index (κ3) is 3.45. The van der Waals surface area contributed by atoms with E-state index < -0.39 is 20.7 Å². The minimum atomic E-state index is -3.93. The van der Waals surface area contributed by atoms with Gasteiger partial charge < -0.3 is 0 Å². The van der Waals surface area contributed by atoms with Gasteiger partial charge in [-0.1, -0.05) is 29.8 Å². The molecule has 0 unspecified atom stereocenters. The predicted molar refractivity (Wildman–Crippen MR) is 61.6 cm³/mol. The smallest absolute Gasteiger partial charge is 0.207 e. The molecule has 0 aliphatic heterocycles. The molecule has 1 aromatic rings.